The molecule has 1 heterocycles. The molecule has 0 amide bonds. The van der Waals surface area contributed by atoms with Gasteiger partial charge >= 0.3 is 0 Å². The van der Waals surface area contributed by atoms with Crippen LogP contribution >= 0.6 is 11.3 Å². The fourth-order valence-electron chi connectivity index (χ4n) is 1.49. The van der Waals surface area contributed by atoms with E-state index in [0.29, 0.717) is 11.3 Å². The third-order valence-electron chi connectivity index (χ3n) is 2.32. The number of benzene rings is 1. The minimum Gasteiger partial charge on any atom is -0.481 e. The Hall–Kier alpha value is -1.53. The lowest BCUT2D eigenvalue weighted by Gasteiger charge is -2.08. The molecular weight excluding hydrogens is 258 g/mol. The smallest absolute Gasteiger partial charge is 0.191 e. The SMILES string of the molecule is Cc1nc(COc2c(F)cc(CN)cc2F)cs1. The zero-order valence-corrected chi connectivity index (χ0v) is 10.6. The molecule has 18 heavy (non-hydrogen) atoms. The van der Waals surface area contributed by atoms with E-state index in [1.54, 1.807) is 5.38 Å². The van der Waals surface area contributed by atoms with E-state index in [9.17, 15) is 8.78 Å². The van der Waals surface area contributed by atoms with Crippen molar-refractivity contribution in [2.45, 2.75) is 20.1 Å². The van der Waals surface area contributed by atoms with Crippen molar-refractivity contribution in [1.82, 2.24) is 4.98 Å². The van der Waals surface area contributed by atoms with Crippen LogP contribution in [0, 0.1) is 18.6 Å². The summed E-state index contributed by atoms with van der Waals surface area (Å²) in [5.41, 5.74) is 6.37. The molecular formula is C12H12F2N2OS. The van der Waals surface area contributed by atoms with Gasteiger partial charge in [-0.15, -0.1) is 11.3 Å². The van der Waals surface area contributed by atoms with Gasteiger partial charge in [0.05, 0.1) is 10.7 Å². The molecule has 96 valence electrons. The minimum absolute atomic E-state index is 0.0418. The average molecular weight is 270 g/mol. The Morgan fingerprint density at radius 2 is 2.00 bits per heavy atom. The van der Waals surface area contributed by atoms with E-state index in [-0.39, 0.29) is 13.2 Å². The maximum atomic E-state index is 13.6. The molecule has 0 aliphatic heterocycles. The first-order valence-electron chi connectivity index (χ1n) is 5.32. The molecule has 2 rings (SSSR count). The van der Waals surface area contributed by atoms with Gasteiger partial charge in [0.2, 0.25) is 0 Å². The Morgan fingerprint density at radius 3 is 2.50 bits per heavy atom. The van der Waals surface area contributed by atoms with Gasteiger partial charge in [0.25, 0.3) is 0 Å². The van der Waals surface area contributed by atoms with Crippen LogP contribution in [0.2, 0.25) is 0 Å². The van der Waals surface area contributed by atoms with Crippen molar-refractivity contribution in [3.8, 4) is 5.75 Å². The molecule has 1 aromatic carbocycles. The maximum Gasteiger partial charge on any atom is 0.191 e. The van der Waals surface area contributed by atoms with Crippen molar-refractivity contribution in [2.75, 3.05) is 0 Å². The zero-order chi connectivity index (χ0) is 13.1. The van der Waals surface area contributed by atoms with Crippen LogP contribution < -0.4 is 10.5 Å². The van der Waals surface area contributed by atoms with Gasteiger partial charge in [-0.2, -0.15) is 0 Å². The molecule has 0 saturated heterocycles. The first-order chi connectivity index (χ1) is 8.60. The van der Waals surface area contributed by atoms with Gasteiger partial charge in [-0.05, 0) is 24.6 Å². The number of rotatable bonds is 4. The Bertz CT molecular complexity index is 534. The second-order valence-corrected chi connectivity index (χ2v) is 4.80. The van der Waals surface area contributed by atoms with Gasteiger partial charge < -0.3 is 10.5 Å². The van der Waals surface area contributed by atoms with Gasteiger partial charge in [0.15, 0.2) is 17.4 Å². The van der Waals surface area contributed by atoms with E-state index < -0.39 is 17.4 Å². The first kappa shape index (κ1) is 12.9. The summed E-state index contributed by atoms with van der Waals surface area (Å²) in [5, 5.41) is 2.67. The molecule has 0 bridgehead atoms. The van der Waals surface area contributed by atoms with Gasteiger partial charge in [0, 0.05) is 11.9 Å². The zero-order valence-electron chi connectivity index (χ0n) is 9.74. The normalized spacial score (nSPS) is 10.7. The molecule has 0 spiro atoms. The summed E-state index contributed by atoms with van der Waals surface area (Å²) in [6, 6.07) is 2.34. The highest BCUT2D eigenvalue weighted by Crippen LogP contribution is 2.24. The van der Waals surface area contributed by atoms with Crippen molar-refractivity contribution >= 4 is 11.3 Å². The number of nitrogens with zero attached hydrogens (tertiary/aromatic N) is 1. The van der Waals surface area contributed by atoms with Crippen molar-refractivity contribution in [3.05, 3.63) is 45.4 Å². The van der Waals surface area contributed by atoms with Crippen molar-refractivity contribution in [2.24, 2.45) is 5.73 Å². The Balaban J connectivity index is 2.14. The lowest BCUT2D eigenvalue weighted by atomic mass is 10.2. The van der Waals surface area contributed by atoms with Crippen LogP contribution in [-0.4, -0.2) is 4.98 Å². The summed E-state index contributed by atoms with van der Waals surface area (Å²) >= 11 is 1.46. The van der Waals surface area contributed by atoms with Crippen LogP contribution in [0.5, 0.6) is 5.75 Å². The lowest BCUT2D eigenvalue weighted by molar-refractivity contribution is 0.270. The largest absolute Gasteiger partial charge is 0.481 e. The van der Waals surface area contributed by atoms with E-state index in [2.05, 4.69) is 4.98 Å². The van der Waals surface area contributed by atoms with Gasteiger partial charge in [-0.1, -0.05) is 0 Å². The summed E-state index contributed by atoms with van der Waals surface area (Å²) in [6.45, 7) is 1.98. The van der Waals surface area contributed by atoms with E-state index in [1.165, 1.54) is 23.5 Å². The topological polar surface area (TPSA) is 48.1 Å². The third kappa shape index (κ3) is 2.83. The van der Waals surface area contributed by atoms with Crippen molar-refractivity contribution in [3.63, 3.8) is 0 Å². The van der Waals surface area contributed by atoms with E-state index in [0.717, 1.165) is 5.01 Å². The van der Waals surface area contributed by atoms with Crippen LogP contribution in [0.25, 0.3) is 0 Å². The summed E-state index contributed by atoms with van der Waals surface area (Å²) in [7, 11) is 0. The predicted molar refractivity (Wildman–Crippen MR) is 65.4 cm³/mol. The maximum absolute atomic E-state index is 13.6. The fourth-order valence-corrected chi connectivity index (χ4v) is 2.09. The van der Waals surface area contributed by atoms with E-state index in [4.69, 9.17) is 10.5 Å². The average Bonchev–Trinajstić information content (AvgIpc) is 2.73. The van der Waals surface area contributed by atoms with Crippen LogP contribution in [0.15, 0.2) is 17.5 Å². The molecule has 0 fully saturated rings. The second-order valence-electron chi connectivity index (χ2n) is 3.74. The quantitative estimate of drug-likeness (QED) is 0.929. The molecule has 1 aromatic heterocycles. The van der Waals surface area contributed by atoms with Crippen LogP contribution in [0.1, 0.15) is 16.3 Å². The van der Waals surface area contributed by atoms with Crippen molar-refractivity contribution in [1.29, 1.82) is 0 Å². The first-order valence-corrected chi connectivity index (χ1v) is 6.20. The predicted octanol–water partition coefficient (Wildman–Crippen LogP) is 2.77. The summed E-state index contributed by atoms with van der Waals surface area (Å²) < 4.78 is 32.3. The number of halogens is 2. The number of thiazole rings is 1. The number of aromatic nitrogens is 1. The molecule has 2 N–H and O–H groups in total. The number of nitrogens with two attached hydrogens (primary N) is 1. The summed E-state index contributed by atoms with van der Waals surface area (Å²) in [5.74, 6) is -1.89. The minimum atomic E-state index is -0.748. The fraction of sp³-hybridized carbons (Fsp3) is 0.250. The molecule has 0 unspecified atom stereocenters. The highest BCUT2D eigenvalue weighted by molar-refractivity contribution is 7.09. The Labute approximate surface area is 107 Å². The molecule has 0 saturated carbocycles. The number of hydrogen-bond acceptors (Lipinski definition) is 4. The number of ether oxygens (including phenoxy) is 1. The van der Waals surface area contributed by atoms with E-state index in [1.807, 2.05) is 6.92 Å². The van der Waals surface area contributed by atoms with Crippen LogP contribution in [0.3, 0.4) is 0 Å². The molecule has 6 heteroatoms. The molecule has 3 nitrogen and oxygen atoms in total. The van der Waals surface area contributed by atoms with Gasteiger partial charge in [0.1, 0.15) is 6.61 Å². The highest BCUT2D eigenvalue weighted by atomic mass is 32.1. The lowest BCUT2D eigenvalue weighted by Crippen LogP contribution is -2.03. The Morgan fingerprint density at radius 1 is 1.33 bits per heavy atom. The van der Waals surface area contributed by atoms with Gasteiger partial charge in [-0.3, -0.25) is 0 Å². The van der Waals surface area contributed by atoms with Gasteiger partial charge in [-0.25, -0.2) is 13.8 Å². The summed E-state index contributed by atoms with van der Waals surface area (Å²) in [6.07, 6.45) is 0. The molecule has 0 atom stereocenters. The number of hydrogen-bond donors (Lipinski definition) is 1. The number of aryl methyl sites for hydroxylation is 1. The van der Waals surface area contributed by atoms with Crippen LogP contribution in [0.4, 0.5) is 8.78 Å². The molecule has 0 aliphatic rings. The molecule has 0 aliphatic carbocycles. The molecule has 2 aromatic rings. The summed E-state index contributed by atoms with van der Waals surface area (Å²) in [4.78, 5) is 4.15. The highest BCUT2D eigenvalue weighted by Gasteiger charge is 2.13. The van der Waals surface area contributed by atoms with Crippen molar-refractivity contribution < 1.29 is 13.5 Å². The standard InChI is InChI=1S/C12H12F2N2OS/c1-7-16-9(6-18-7)5-17-12-10(13)2-8(4-15)3-11(12)14/h2-3,6H,4-5,15H2,1H3. The monoisotopic (exact) mass is 270 g/mol. The second kappa shape index (κ2) is 5.41. The third-order valence-corrected chi connectivity index (χ3v) is 3.15. The van der Waals surface area contributed by atoms with E-state index >= 15 is 0 Å². The Kier molecular flexibility index (Phi) is 3.88. The van der Waals surface area contributed by atoms with Crippen LogP contribution in [-0.2, 0) is 13.2 Å². The molecule has 0 radical (unpaired) electrons.